The molecule has 0 saturated heterocycles. The summed E-state index contributed by atoms with van der Waals surface area (Å²) >= 11 is 0. The highest BCUT2D eigenvalue weighted by atomic mass is 16.5. The summed E-state index contributed by atoms with van der Waals surface area (Å²) in [4.78, 5) is 0. The van der Waals surface area contributed by atoms with E-state index in [2.05, 4.69) is 240 Å². The summed E-state index contributed by atoms with van der Waals surface area (Å²) in [6.07, 6.45) is 0. The molecule has 13 aromatic rings. The van der Waals surface area contributed by atoms with Gasteiger partial charge in [-0.15, -0.1) is 0 Å². The first-order valence-corrected chi connectivity index (χ1v) is 25.0. The van der Waals surface area contributed by atoms with Crippen LogP contribution in [-0.4, -0.2) is 22.6 Å². The molecule has 17 rings (SSSR count). The van der Waals surface area contributed by atoms with Gasteiger partial charge in [0, 0.05) is 43.5 Å². The van der Waals surface area contributed by atoms with E-state index in [1.165, 1.54) is 88.0 Å². The Morgan fingerprint density at radius 2 is 0.625 bits per heavy atom. The molecule has 6 heteroatoms. The molecule has 4 aliphatic rings. The minimum Gasteiger partial charge on any atom is -0.456 e. The Balaban J connectivity index is 1.07. The van der Waals surface area contributed by atoms with Crippen LogP contribution in [0.2, 0.25) is 0 Å². The molecular formula is C66H38B2N2O2. The van der Waals surface area contributed by atoms with Gasteiger partial charge in [0.2, 0.25) is 0 Å². The summed E-state index contributed by atoms with van der Waals surface area (Å²) in [5, 5.41) is 4.85. The van der Waals surface area contributed by atoms with Gasteiger partial charge in [0.05, 0.1) is 22.4 Å². The van der Waals surface area contributed by atoms with E-state index in [0.717, 1.165) is 67.3 Å². The van der Waals surface area contributed by atoms with Gasteiger partial charge in [0.25, 0.3) is 13.4 Å². The molecule has 72 heavy (non-hydrogen) atoms. The Labute approximate surface area is 415 Å². The number of fused-ring (bicyclic) bond motifs is 16. The smallest absolute Gasteiger partial charge is 0.256 e. The van der Waals surface area contributed by atoms with E-state index in [4.69, 9.17) is 9.47 Å². The van der Waals surface area contributed by atoms with Gasteiger partial charge < -0.3 is 18.6 Å². The normalized spacial score (nSPS) is 13.2. The van der Waals surface area contributed by atoms with Gasteiger partial charge in [-0.05, 0) is 115 Å². The maximum Gasteiger partial charge on any atom is 0.256 e. The average molecular weight is 913 g/mol. The number of ether oxygens (including phenoxy) is 2. The van der Waals surface area contributed by atoms with E-state index in [9.17, 15) is 0 Å². The van der Waals surface area contributed by atoms with E-state index in [0.29, 0.717) is 0 Å². The van der Waals surface area contributed by atoms with Crippen LogP contribution in [0, 0.1) is 0 Å². The molecule has 0 fully saturated rings. The van der Waals surface area contributed by atoms with Crippen molar-refractivity contribution in [3.63, 3.8) is 0 Å². The Bertz CT molecular complexity index is 4220. The summed E-state index contributed by atoms with van der Waals surface area (Å²) in [6.45, 7) is -0.331. The van der Waals surface area contributed by atoms with E-state index in [1.807, 2.05) is 0 Å². The van der Waals surface area contributed by atoms with Crippen LogP contribution in [0.5, 0.6) is 23.0 Å². The largest absolute Gasteiger partial charge is 0.456 e. The lowest BCUT2D eigenvalue weighted by Gasteiger charge is -2.41. The zero-order valence-corrected chi connectivity index (χ0v) is 38.8. The molecule has 0 amide bonds. The van der Waals surface area contributed by atoms with Gasteiger partial charge >= 0.3 is 0 Å². The van der Waals surface area contributed by atoms with E-state index < -0.39 is 0 Å². The van der Waals surface area contributed by atoms with E-state index >= 15 is 0 Å². The lowest BCUT2D eigenvalue weighted by Crippen LogP contribution is -2.63. The molecule has 11 aromatic carbocycles. The summed E-state index contributed by atoms with van der Waals surface area (Å²) < 4.78 is 20.4. The van der Waals surface area contributed by atoms with Crippen molar-refractivity contribution in [2.45, 2.75) is 0 Å². The van der Waals surface area contributed by atoms with Gasteiger partial charge in [0.15, 0.2) is 0 Å². The second-order valence-electron chi connectivity index (χ2n) is 19.9. The molecular weight excluding hydrogens is 874 g/mol. The second-order valence-corrected chi connectivity index (χ2v) is 19.9. The molecule has 0 bridgehead atoms. The first-order valence-electron chi connectivity index (χ1n) is 25.0. The number of rotatable bonds is 4. The van der Waals surface area contributed by atoms with Gasteiger partial charge in [-0.2, -0.15) is 0 Å². The van der Waals surface area contributed by atoms with Crippen molar-refractivity contribution in [3.05, 3.63) is 231 Å². The first-order chi connectivity index (χ1) is 35.7. The minimum absolute atomic E-state index is 0.166. The van der Waals surface area contributed by atoms with Crippen LogP contribution in [0.4, 0.5) is 0 Å². The maximum atomic E-state index is 7.63. The van der Waals surface area contributed by atoms with Crippen LogP contribution in [0.1, 0.15) is 0 Å². The van der Waals surface area contributed by atoms with E-state index in [-0.39, 0.29) is 13.4 Å². The van der Waals surface area contributed by atoms with Crippen LogP contribution in [0.3, 0.4) is 0 Å². The van der Waals surface area contributed by atoms with Crippen molar-refractivity contribution in [2.24, 2.45) is 0 Å². The van der Waals surface area contributed by atoms with E-state index in [1.54, 1.807) is 0 Å². The molecule has 4 nitrogen and oxygen atoms in total. The summed E-state index contributed by atoms with van der Waals surface area (Å²) in [6, 6.07) is 84.6. The standard InChI is InChI=1S/C66H38B2N2O2/c1-5-17-39(18-6-1)43-29-31-55-47(33-43)49-35-45(41-21-9-3-10-22-41)37-53-61(49)69(55)63-59-66(72-57-27-15-13-25-51(57)67(53)59)64-60-65(63)71-58-28-16-14-26-52(58)68(60)54-38-46(42-23-11-4-12-24-42)36-50-48-34-44(40-19-7-2-8-20-40)30-32-56(48)70(64)62(50)54/h1-38H. The Morgan fingerprint density at radius 3 is 1.03 bits per heavy atom. The third-order valence-electron chi connectivity index (χ3n) is 16.2. The average Bonchev–Trinajstić information content (AvgIpc) is 3.96. The lowest BCUT2D eigenvalue weighted by atomic mass is 9.31. The molecule has 0 unspecified atom stereocenters. The Hall–Kier alpha value is -9.25. The molecule has 0 radical (unpaired) electrons. The number of hydrogen-bond donors (Lipinski definition) is 0. The Morgan fingerprint density at radius 1 is 0.278 bits per heavy atom. The fraction of sp³-hybridized carbons (Fsp3) is 0. The number of nitrogens with zero attached hydrogens (tertiary/aromatic N) is 2. The first kappa shape index (κ1) is 38.6. The fourth-order valence-electron chi connectivity index (χ4n) is 13.2. The maximum absolute atomic E-state index is 7.63. The molecule has 0 saturated carbocycles. The van der Waals surface area contributed by atoms with Gasteiger partial charge in [0.1, 0.15) is 23.0 Å². The minimum atomic E-state index is -0.166. The summed E-state index contributed by atoms with van der Waals surface area (Å²) in [5.41, 5.74) is 23.4. The third kappa shape index (κ3) is 5.07. The number of hydrogen-bond acceptors (Lipinski definition) is 2. The monoisotopic (exact) mass is 912 g/mol. The van der Waals surface area contributed by atoms with Crippen molar-refractivity contribution < 1.29 is 9.47 Å². The highest BCUT2D eigenvalue weighted by Crippen LogP contribution is 2.49. The van der Waals surface area contributed by atoms with Crippen LogP contribution in [-0.2, 0) is 0 Å². The van der Waals surface area contributed by atoms with Crippen LogP contribution >= 0.6 is 0 Å². The predicted molar refractivity (Wildman–Crippen MR) is 299 cm³/mol. The Kier molecular flexibility index (Phi) is 7.60. The van der Waals surface area contributed by atoms with Crippen molar-refractivity contribution in [1.82, 2.24) is 9.13 Å². The quantitative estimate of drug-likeness (QED) is 0.165. The topological polar surface area (TPSA) is 28.3 Å². The summed E-state index contributed by atoms with van der Waals surface area (Å²) in [5.74, 6) is 3.53. The van der Waals surface area contributed by atoms with Gasteiger partial charge in [-0.1, -0.05) is 182 Å². The highest BCUT2D eigenvalue weighted by Gasteiger charge is 2.50. The zero-order chi connectivity index (χ0) is 46.8. The fourth-order valence-corrected chi connectivity index (χ4v) is 13.2. The van der Waals surface area contributed by atoms with Crippen molar-refractivity contribution in [1.29, 1.82) is 0 Å². The number of benzene rings is 11. The molecule has 0 atom stereocenters. The molecule has 0 N–H and O–H groups in total. The second kappa shape index (κ2) is 14.2. The summed E-state index contributed by atoms with van der Waals surface area (Å²) in [7, 11) is 0. The number of para-hydroxylation sites is 2. The van der Waals surface area contributed by atoms with Crippen molar-refractivity contribution in [3.8, 4) is 78.9 Å². The van der Waals surface area contributed by atoms with Gasteiger partial charge in [-0.3, -0.25) is 0 Å². The highest BCUT2D eigenvalue weighted by molar-refractivity contribution is 7.02. The zero-order valence-electron chi connectivity index (χ0n) is 38.8. The molecule has 2 aromatic heterocycles. The van der Waals surface area contributed by atoms with Crippen LogP contribution in [0.15, 0.2) is 231 Å². The molecule has 0 aliphatic carbocycles. The van der Waals surface area contributed by atoms with Crippen molar-refractivity contribution in [2.75, 3.05) is 0 Å². The molecule has 330 valence electrons. The van der Waals surface area contributed by atoms with Crippen LogP contribution in [0.25, 0.3) is 99.5 Å². The predicted octanol–water partition coefficient (Wildman–Crippen LogP) is 12.4. The lowest BCUT2D eigenvalue weighted by molar-refractivity contribution is 0.472. The molecule has 6 heterocycles. The molecule has 0 spiro atoms. The SMILES string of the molecule is c1ccc(-c2ccc3c(c2)c2cc(-c4ccccc4)cc4c2n3-c2c3c5c(c6c2B4c2ccccc2O6)-n2c4ccc(-c6ccccc6)cc4c4cc(-c6ccccc6)cc(c42)B5c2ccccc2O3)cc1. The number of aromatic nitrogens is 2. The van der Waals surface area contributed by atoms with Gasteiger partial charge in [-0.25, -0.2) is 0 Å². The molecule has 4 aliphatic heterocycles. The van der Waals surface area contributed by atoms with Crippen molar-refractivity contribution >= 4 is 89.8 Å². The van der Waals surface area contributed by atoms with Crippen LogP contribution < -0.4 is 42.3 Å². The third-order valence-corrected chi connectivity index (χ3v) is 16.2.